The van der Waals surface area contributed by atoms with Gasteiger partial charge in [-0.25, -0.2) is 0 Å². The van der Waals surface area contributed by atoms with Crippen LogP contribution in [0.5, 0.6) is 0 Å². The third-order valence-corrected chi connectivity index (χ3v) is 7.36. The summed E-state index contributed by atoms with van der Waals surface area (Å²) in [4.78, 5) is 32.5. The van der Waals surface area contributed by atoms with Crippen LogP contribution in [0.4, 0.5) is 0 Å². The van der Waals surface area contributed by atoms with E-state index >= 15 is 0 Å². The molecule has 5 heteroatoms. The minimum absolute atomic E-state index is 0.0391. The predicted octanol–water partition coefficient (Wildman–Crippen LogP) is 4.62. The molecule has 5 nitrogen and oxygen atoms in total. The van der Waals surface area contributed by atoms with Gasteiger partial charge in [0.2, 0.25) is 11.8 Å². The van der Waals surface area contributed by atoms with Gasteiger partial charge in [0.1, 0.15) is 0 Å². The molecule has 1 saturated carbocycles. The van der Waals surface area contributed by atoms with Gasteiger partial charge in [0.15, 0.2) is 0 Å². The summed E-state index contributed by atoms with van der Waals surface area (Å²) in [6.07, 6.45) is 12.6. The number of nitrogens with one attached hydrogen (secondary N) is 1. The molecule has 2 aromatic rings. The Morgan fingerprint density at radius 1 is 1.06 bits per heavy atom. The Labute approximate surface area is 191 Å². The highest BCUT2D eigenvalue weighted by Crippen LogP contribution is 2.38. The van der Waals surface area contributed by atoms with Gasteiger partial charge >= 0.3 is 0 Å². The van der Waals surface area contributed by atoms with Gasteiger partial charge in [-0.1, -0.05) is 43.5 Å². The minimum Gasteiger partial charge on any atom is -0.359 e. The van der Waals surface area contributed by atoms with E-state index < -0.39 is 5.41 Å². The van der Waals surface area contributed by atoms with Gasteiger partial charge in [0, 0.05) is 39.0 Å². The summed E-state index contributed by atoms with van der Waals surface area (Å²) in [5.74, 6) is 0.782. The molecule has 1 aliphatic heterocycles. The number of carbonyl (C=O) groups excluding carboxylic acids is 2. The van der Waals surface area contributed by atoms with E-state index in [-0.39, 0.29) is 11.8 Å². The normalized spacial score (nSPS) is 21.8. The number of aromatic nitrogens is 1. The van der Waals surface area contributed by atoms with Crippen LogP contribution < -0.4 is 5.32 Å². The van der Waals surface area contributed by atoms with E-state index in [9.17, 15) is 9.59 Å². The topological polar surface area (TPSA) is 62.3 Å². The summed E-state index contributed by atoms with van der Waals surface area (Å²) >= 11 is 0. The first-order valence-electron chi connectivity index (χ1n) is 12.1. The van der Waals surface area contributed by atoms with Crippen molar-refractivity contribution in [2.45, 2.75) is 57.8 Å². The van der Waals surface area contributed by atoms with Crippen molar-refractivity contribution in [2.24, 2.45) is 11.3 Å². The minimum atomic E-state index is -0.599. The largest absolute Gasteiger partial charge is 0.359 e. The first kappa shape index (κ1) is 22.5. The average molecular weight is 434 g/mol. The van der Waals surface area contributed by atoms with Crippen LogP contribution in [0.25, 0.3) is 11.1 Å². The van der Waals surface area contributed by atoms with Crippen LogP contribution >= 0.6 is 0 Å². The lowest BCUT2D eigenvalue weighted by Crippen LogP contribution is -2.54. The maximum atomic E-state index is 13.2. The first-order chi connectivity index (χ1) is 15.6. The van der Waals surface area contributed by atoms with Crippen LogP contribution in [0.15, 0.2) is 48.8 Å². The summed E-state index contributed by atoms with van der Waals surface area (Å²) in [6.45, 7) is 1.26. The van der Waals surface area contributed by atoms with Crippen molar-refractivity contribution in [1.82, 2.24) is 15.2 Å². The molecule has 1 saturated heterocycles. The van der Waals surface area contributed by atoms with Crippen LogP contribution in [0.3, 0.4) is 0 Å². The molecule has 4 rings (SSSR count). The zero-order valence-electron chi connectivity index (χ0n) is 19.2. The number of nitrogens with zero attached hydrogens (tertiary/aromatic N) is 2. The Balaban J connectivity index is 1.57. The Bertz CT molecular complexity index is 924. The van der Waals surface area contributed by atoms with E-state index in [0.29, 0.717) is 25.3 Å². The van der Waals surface area contributed by atoms with Gasteiger partial charge in [0.05, 0.1) is 5.41 Å². The predicted molar refractivity (Wildman–Crippen MR) is 127 cm³/mol. The van der Waals surface area contributed by atoms with Gasteiger partial charge in [-0.2, -0.15) is 0 Å². The van der Waals surface area contributed by atoms with Crippen molar-refractivity contribution >= 4 is 11.8 Å². The summed E-state index contributed by atoms with van der Waals surface area (Å²) < 4.78 is 0. The van der Waals surface area contributed by atoms with Crippen molar-refractivity contribution < 1.29 is 9.59 Å². The highest BCUT2D eigenvalue weighted by Gasteiger charge is 2.43. The molecule has 0 spiro atoms. The number of likely N-dealkylation sites (tertiary alicyclic amines) is 1. The Morgan fingerprint density at radius 2 is 1.81 bits per heavy atom. The van der Waals surface area contributed by atoms with Crippen LogP contribution in [-0.4, -0.2) is 41.8 Å². The van der Waals surface area contributed by atoms with Gasteiger partial charge in [-0.3, -0.25) is 14.6 Å². The van der Waals surface area contributed by atoms with Crippen LogP contribution in [0.1, 0.15) is 56.9 Å². The Kier molecular flexibility index (Phi) is 7.23. The van der Waals surface area contributed by atoms with E-state index in [1.807, 2.05) is 29.2 Å². The standard InChI is InChI=1S/C27H35N3O2/c1-28-26(32)27(19-23-10-5-6-11-24(23)22-12-15-29-16-13-22)14-7-17-30(20-27)25(31)18-21-8-3-2-4-9-21/h5-6,10-13,15-16,21H,2-4,7-9,14,17-20H2,1H3,(H,28,32). The maximum absolute atomic E-state index is 13.2. The number of piperidine rings is 1. The summed E-state index contributed by atoms with van der Waals surface area (Å²) in [5, 5.41) is 2.91. The first-order valence-corrected chi connectivity index (χ1v) is 12.1. The molecule has 0 bridgehead atoms. The number of hydrogen-bond donors (Lipinski definition) is 1. The summed E-state index contributed by atoms with van der Waals surface area (Å²) in [6, 6.07) is 12.3. The fraction of sp³-hybridized carbons (Fsp3) is 0.519. The smallest absolute Gasteiger partial charge is 0.228 e. The molecule has 1 atom stereocenters. The molecule has 1 aromatic carbocycles. The maximum Gasteiger partial charge on any atom is 0.228 e. The third kappa shape index (κ3) is 5.03. The number of carbonyl (C=O) groups is 2. The van der Waals surface area contributed by atoms with E-state index in [2.05, 4.69) is 22.4 Å². The molecular weight excluding hydrogens is 398 g/mol. The molecule has 2 amide bonds. The number of benzene rings is 1. The number of rotatable bonds is 6. The molecule has 1 aliphatic carbocycles. The quantitative estimate of drug-likeness (QED) is 0.723. The van der Waals surface area contributed by atoms with Crippen molar-refractivity contribution in [3.8, 4) is 11.1 Å². The number of amides is 2. The second-order valence-corrected chi connectivity index (χ2v) is 9.56. The second kappa shape index (κ2) is 10.3. The monoisotopic (exact) mass is 433 g/mol. The zero-order valence-corrected chi connectivity index (χ0v) is 19.2. The highest BCUT2D eigenvalue weighted by molar-refractivity contribution is 5.85. The zero-order chi connectivity index (χ0) is 22.4. The molecule has 32 heavy (non-hydrogen) atoms. The van der Waals surface area contributed by atoms with Gasteiger partial charge in [-0.05, 0) is 66.8 Å². The van der Waals surface area contributed by atoms with Crippen molar-refractivity contribution in [2.75, 3.05) is 20.1 Å². The molecule has 2 fully saturated rings. The Hall–Kier alpha value is -2.69. The lowest BCUT2D eigenvalue weighted by Gasteiger charge is -2.42. The summed E-state index contributed by atoms with van der Waals surface area (Å²) in [7, 11) is 1.71. The molecule has 0 radical (unpaired) electrons. The number of pyridine rings is 1. The van der Waals surface area contributed by atoms with Crippen molar-refractivity contribution in [3.63, 3.8) is 0 Å². The van der Waals surface area contributed by atoms with Gasteiger partial charge in [0.25, 0.3) is 0 Å². The van der Waals surface area contributed by atoms with E-state index in [4.69, 9.17) is 0 Å². The summed E-state index contributed by atoms with van der Waals surface area (Å²) in [5.41, 5.74) is 2.77. The molecule has 170 valence electrons. The van der Waals surface area contributed by atoms with Gasteiger partial charge in [-0.15, -0.1) is 0 Å². The lowest BCUT2D eigenvalue weighted by atomic mass is 9.73. The third-order valence-electron chi connectivity index (χ3n) is 7.36. The van der Waals surface area contributed by atoms with E-state index in [1.165, 1.54) is 32.1 Å². The Morgan fingerprint density at radius 3 is 2.56 bits per heavy atom. The molecule has 2 heterocycles. The SMILES string of the molecule is CNC(=O)C1(Cc2ccccc2-c2ccncc2)CCCN(C(=O)CC2CCCCC2)C1. The average Bonchev–Trinajstić information content (AvgIpc) is 2.85. The van der Waals surface area contributed by atoms with E-state index in [1.54, 1.807) is 19.4 Å². The molecule has 1 unspecified atom stereocenters. The molecule has 1 aromatic heterocycles. The molecular formula is C27H35N3O2. The van der Waals surface area contributed by atoms with Crippen molar-refractivity contribution in [3.05, 3.63) is 54.4 Å². The van der Waals surface area contributed by atoms with Crippen molar-refractivity contribution in [1.29, 1.82) is 0 Å². The lowest BCUT2D eigenvalue weighted by molar-refractivity contribution is -0.142. The van der Waals surface area contributed by atoms with Gasteiger partial charge < -0.3 is 10.2 Å². The fourth-order valence-electron chi connectivity index (χ4n) is 5.64. The van der Waals surface area contributed by atoms with E-state index in [0.717, 1.165) is 36.1 Å². The van der Waals surface area contributed by atoms with Crippen LogP contribution in [0, 0.1) is 11.3 Å². The van der Waals surface area contributed by atoms with Crippen LogP contribution in [0.2, 0.25) is 0 Å². The highest BCUT2D eigenvalue weighted by atomic mass is 16.2. The van der Waals surface area contributed by atoms with Crippen LogP contribution in [-0.2, 0) is 16.0 Å². The fourth-order valence-corrected chi connectivity index (χ4v) is 5.64. The number of hydrogen-bond acceptors (Lipinski definition) is 3. The molecule has 1 N–H and O–H groups in total. The second-order valence-electron chi connectivity index (χ2n) is 9.56. The molecule has 2 aliphatic rings.